The minimum absolute atomic E-state index is 0.0716. The fourth-order valence-corrected chi connectivity index (χ4v) is 5.65. The summed E-state index contributed by atoms with van der Waals surface area (Å²) in [4.78, 5) is 14.6. The Morgan fingerprint density at radius 2 is 1.78 bits per heavy atom. The third kappa shape index (κ3) is 4.25. The van der Waals surface area contributed by atoms with Crippen molar-refractivity contribution in [1.82, 2.24) is 0 Å². The van der Waals surface area contributed by atoms with Crippen LogP contribution in [0, 0.1) is 0 Å². The monoisotopic (exact) mass is 523 g/mol. The Labute approximate surface area is 204 Å². The Bertz CT molecular complexity index is 1290. The summed E-state index contributed by atoms with van der Waals surface area (Å²) in [5, 5.41) is 2.84. The maximum atomic E-state index is 12.8. The number of carbonyl (C=O) groups excluding carboxylic acids is 1. The first-order valence-corrected chi connectivity index (χ1v) is 12.4. The molecule has 3 nitrogen and oxygen atoms in total. The van der Waals surface area contributed by atoms with Gasteiger partial charge in [0.2, 0.25) is 5.91 Å². The van der Waals surface area contributed by atoms with Gasteiger partial charge in [-0.3, -0.25) is 9.69 Å². The minimum atomic E-state index is -0.177. The molecule has 1 fully saturated rings. The van der Waals surface area contributed by atoms with Crippen molar-refractivity contribution in [3.05, 3.63) is 106 Å². The van der Waals surface area contributed by atoms with Crippen molar-refractivity contribution in [2.75, 3.05) is 10.7 Å². The molecule has 4 aromatic rings. The Hall–Kier alpha value is -2.47. The van der Waals surface area contributed by atoms with Crippen LogP contribution >= 0.6 is 39.3 Å². The molecule has 6 heteroatoms. The molecule has 0 N–H and O–H groups in total. The van der Waals surface area contributed by atoms with Gasteiger partial charge in [0.15, 0.2) is 0 Å². The molecule has 0 saturated carbocycles. The summed E-state index contributed by atoms with van der Waals surface area (Å²) < 4.78 is 7.29. The van der Waals surface area contributed by atoms with Gasteiger partial charge in [-0.15, -0.1) is 11.8 Å². The zero-order valence-corrected chi connectivity index (χ0v) is 20.2. The molecule has 0 aromatic heterocycles. The summed E-state index contributed by atoms with van der Waals surface area (Å²) in [6.45, 7) is 0.447. The van der Waals surface area contributed by atoms with Crippen molar-refractivity contribution < 1.29 is 9.53 Å². The first-order chi connectivity index (χ1) is 15.6. The van der Waals surface area contributed by atoms with Crippen LogP contribution in [-0.2, 0) is 11.4 Å². The predicted molar refractivity (Wildman–Crippen MR) is 137 cm³/mol. The van der Waals surface area contributed by atoms with E-state index in [1.165, 1.54) is 10.8 Å². The van der Waals surface area contributed by atoms with Gasteiger partial charge < -0.3 is 4.74 Å². The lowest BCUT2D eigenvalue weighted by molar-refractivity contribution is -0.115. The summed E-state index contributed by atoms with van der Waals surface area (Å²) in [7, 11) is 0. The second-order valence-corrected chi connectivity index (χ2v) is 9.93. The minimum Gasteiger partial charge on any atom is -0.488 e. The summed E-state index contributed by atoms with van der Waals surface area (Å²) in [5.74, 6) is 1.26. The van der Waals surface area contributed by atoms with E-state index < -0.39 is 0 Å². The van der Waals surface area contributed by atoms with Crippen molar-refractivity contribution in [2.45, 2.75) is 12.0 Å². The first-order valence-electron chi connectivity index (χ1n) is 10.2. The van der Waals surface area contributed by atoms with Crippen molar-refractivity contribution in [1.29, 1.82) is 0 Å². The number of hydrogen-bond acceptors (Lipinski definition) is 3. The highest BCUT2D eigenvalue weighted by Gasteiger charge is 2.36. The Morgan fingerprint density at radius 3 is 2.62 bits per heavy atom. The van der Waals surface area contributed by atoms with Crippen LogP contribution < -0.4 is 9.64 Å². The van der Waals surface area contributed by atoms with Crippen LogP contribution in [0.5, 0.6) is 5.75 Å². The molecule has 5 rings (SSSR count). The van der Waals surface area contributed by atoms with Crippen molar-refractivity contribution in [3.8, 4) is 5.75 Å². The Balaban J connectivity index is 1.48. The number of fused-ring (bicyclic) bond motifs is 1. The normalized spacial score (nSPS) is 16.0. The van der Waals surface area contributed by atoms with E-state index in [4.69, 9.17) is 16.3 Å². The molecule has 0 radical (unpaired) electrons. The van der Waals surface area contributed by atoms with E-state index in [9.17, 15) is 4.79 Å². The fourth-order valence-electron chi connectivity index (χ4n) is 3.95. The van der Waals surface area contributed by atoms with E-state index in [1.807, 2.05) is 59.5 Å². The van der Waals surface area contributed by atoms with E-state index in [-0.39, 0.29) is 11.3 Å². The molecule has 4 aromatic carbocycles. The van der Waals surface area contributed by atoms with Crippen LogP contribution in [0.4, 0.5) is 5.69 Å². The third-order valence-electron chi connectivity index (χ3n) is 5.47. The molecule has 0 spiro atoms. The molecule has 1 heterocycles. The van der Waals surface area contributed by atoms with Crippen LogP contribution in [0.2, 0.25) is 5.02 Å². The zero-order valence-electron chi connectivity index (χ0n) is 17.0. The lowest BCUT2D eigenvalue weighted by Gasteiger charge is -2.26. The number of rotatable bonds is 5. The number of ether oxygens (including phenoxy) is 1. The molecule has 1 atom stereocenters. The lowest BCUT2D eigenvalue weighted by atomic mass is 10.1. The number of benzene rings is 4. The van der Waals surface area contributed by atoms with E-state index >= 15 is 0 Å². The quantitative estimate of drug-likeness (QED) is 0.269. The van der Waals surface area contributed by atoms with E-state index in [2.05, 4.69) is 46.3 Å². The van der Waals surface area contributed by atoms with E-state index in [1.54, 1.807) is 11.8 Å². The number of thioether (sulfide) groups is 1. The molecule has 1 aliphatic rings. The molecular formula is C26H19BrClNO2S. The second kappa shape index (κ2) is 9.18. The van der Waals surface area contributed by atoms with Crippen LogP contribution in [0.25, 0.3) is 10.8 Å². The van der Waals surface area contributed by atoms with Gasteiger partial charge in [0.1, 0.15) is 17.7 Å². The standard InChI is InChI=1S/C26H19BrClNO2S/c27-19-8-13-24(31-15-18-6-3-5-17-4-1-2-7-22(17)18)23(14-19)26-29(25(30)16-32-26)21-11-9-20(28)10-12-21/h1-14,26H,15-16H2/t26-/m1/s1. The number of nitrogens with zero attached hydrogens (tertiary/aromatic N) is 1. The van der Waals surface area contributed by atoms with Gasteiger partial charge >= 0.3 is 0 Å². The van der Waals surface area contributed by atoms with E-state index in [0.717, 1.165) is 27.0 Å². The maximum Gasteiger partial charge on any atom is 0.238 e. The highest BCUT2D eigenvalue weighted by molar-refractivity contribution is 9.10. The van der Waals surface area contributed by atoms with Crippen molar-refractivity contribution >= 4 is 61.7 Å². The lowest BCUT2D eigenvalue weighted by Crippen LogP contribution is -2.28. The van der Waals surface area contributed by atoms with Gasteiger partial charge in [0.25, 0.3) is 0 Å². The van der Waals surface area contributed by atoms with Crippen LogP contribution in [0.1, 0.15) is 16.5 Å². The number of halogens is 2. The SMILES string of the molecule is O=C1CS[C@H](c2cc(Br)ccc2OCc2cccc3ccccc23)N1c1ccc(Cl)cc1. The Morgan fingerprint density at radius 1 is 1.00 bits per heavy atom. The second-order valence-electron chi connectivity index (χ2n) is 7.51. The Kier molecular flexibility index (Phi) is 6.13. The van der Waals surface area contributed by atoms with Gasteiger partial charge in [-0.2, -0.15) is 0 Å². The average Bonchev–Trinajstić information content (AvgIpc) is 3.20. The van der Waals surface area contributed by atoms with Gasteiger partial charge in [-0.05, 0) is 58.8 Å². The number of amides is 1. The largest absolute Gasteiger partial charge is 0.488 e. The number of anilines is 1. The highest BCUT2D eigenvalue weighted by atomic mass is 79.9. The van der Waals surface area contributed by atoms with Gasteiger partial charge in [0.05, 0.1) is 5.75 Å². The molecule has 1 saturated heterocycles. The third-order valence-corrected chi connectivity index (χ3v) is 7.41. The molecule has 32 heavy (non-hydrogen) atoms. The molecular weight excluding hydrogens is 506 g/mol. The average molecular weight is 525 g/mol. The summed E-state index contributed by atoms with van der Waals surface area (Å²) in [6.07, 6.45) is 0. The summed E-state index contributed by atoms with van der Waals surface area (Å²) >= 11 is 11.2. The zero-order chi connectivity index (χ0) is 22.1. The topological polar surface area (TPSA) is 29.5 Å². The van der Waals surface area contributed by atoms with E-state index in [0.29, 0.717) is 17.4 Å². The van der Waals surface area contributed by atoms with Crippen LogP contribution in [-0.4, -0.2) is 11.7 Å². The molecule has 1 amide bonds. The molecule has 1 aliphatic heterocycles. The summed E-state index contributed by atoms with van der Waals surface area (Å²) in [6, 6.07) is 27.9. The molecule has 0 aliphatic carbocycles. The smallest absolute Gasteiger partial charge is 0.238 e. The summed E-state index contributed by atoms with van der Waals surface area (Å²) in [5.41, 5.74) is 2.92. The number of hydrogen-bond donors (Lipinski definition) is 0. The number of carbonyl (C=O) groups is 1. The maximum absolute atomic E-state index is 12.8. The van der Waals surface area contributed by atoms with Crippen molar-refractivity contribution in [2.24, 2.45) is 0 Å². The van der Waals surface area contributed by atoms with Gasteiger partial charge in [0, 0.05) is 20.7 Å². The molecule has 0 bridgehead atoms. The highest BCUT2D eigenvalue weighted by Crippen LogP contribution is 2.46. The van der Waals surface area contributed by atoms with Gasteiger partial charge in [-0.25, -0.2) is 0 Å². The van der Waals surface area contributed by atoms with Crippen LogP contribution in [0.3, 0.4) is 0 Å². The van der Waals surface area contributed by atoms with Crippen molar-refractivity contribution in [3.63, 3.8) is 0 Å². The molecule has 160 valence electrons. The molecule has 0 unspecified atom stereocenters. The van der Waals surface area contributed by atoms with Gasteiger partial charge in [-0.1, -0.05) is 70.0 Å². The first kappa shape index (κ1) is 21.4. The predicted octanol–water partition coefficient (Wildman–Crippen LogP) is 7.61. The fraction of sp³-hybridized carbons (Fsp3) is 0.115. The van der Waals surface area contributed by atoms with Crippen LogP contribution in [0.15, 0.2) is 89.4 Å².